The van der Waals surface area contributed by atoms with Gasteiger partial charge in [0.1, 0.15) is 17.9 Å². The first-order valence-electron chi connectivity index (χ1n) is 19.2. The number of carboxylic acids is 1. The number of ether oxygens (including phenoxy) is 1. The molecule has 272 valence electrons. The molecule has 8 nitrogen and oxygen atoms in total. The lowest BCUT2D eigenvalue weighted by molar-refractivity contribution is -0.247. The van der Waals surface area contributed by atoms with Crippen LogP contribution in [0.25, 0.3) is 0 Å². The first kappa shape index (κ1) is 36.3. The molecular formula is C41H62N2O6. The maximum absolute atomic E-state index is 14.0. The minimum absolute atomic E-state index is 0.0299. The average molecular weight is 679 g/mol. The Morgan fingerprint density at radius 1 is 0.980 bits per heavy atom. The van der Waals surface area contributed by atoms with Gasteiger partial charge in [0.05, 0.1) is 17.4 Å². The van der Waals surface area contributed by atoms with Crippen LogP contribution >= 0.6 is 0 Å². The third-order valence-corrected chi connectivity index (χ3v) is 16.0. The van der Waals surface area contributed by atoms with Crippen molar-refractivity contribution in [1.29, 1.82) is 0 Å². The van der Waals surface area contributed by atoms with E-state index in [9.17, 15) is 24.3 Å². The Balaban J connectivity index is 1.27. The second-order valence-corrected chi connectivity index (χ2v) is 19.4. The van der Waals surface area contributed by atoms with Gasteiger partial charge in [-0.15, -0.1) is 0 Å². The lowest BCUT2D eigenvalue weighted by atomic mass is 9.32. The number of Topliss-reactive ketones (excluding diaryl/α,β-unsaturated/α-hetero) is 1. The number of nitrogens with one attached hydrogen (secondary N) is 1. The zero-order chi connectivity index (χ0) is 35.9. The minimum Gasteiger partial charge on any atom is -0.481 e. The summed E-state index contributed by atoms with van der Waals surface area (Å²) in [5, 5.41) is 13.1. The number of aliphatic carboxylic acids is 1. The Labute approximate surface area is 294 Å². The number of carboxylic acid groups (broad SMARTS) is 1. The molecule has 0 bridgehead atoms. The summed E-state index contributed by atoms with van der Waals surface area (Å²) in [4.78, 5) is 56.9. The Bertz CT molecular complexity index is 1450. The quantitative estimate of drug-likeness (QED) is 0.268. The third-order valence-electron chi connectivity index (χ3n) is 16.0. The van der Waals surface area contributed by atoms with E-state index in [0.29, 0.717) is 36.4 Å². The van der Waals surface area contributed by atoms with E-state index in [1.54, 1.807) is 20.1 Å². The summed E-state index contributed by atoms with van der Waals surface area (Å²) in [5.41, 5.74) is -1.72. The van der Waals surface area contributed by atoms with Crippen molar-refractivity contribution in [2.24, 2.45) is 67.6 Å². The van der Waals surface area contributed by atoms with E-state index in [2.05, 4.69) is 58.8 Å². The Morgan fingerprint density at radius 3 is 2.33 bits per heavy atom. The number of hydrogen-bond acceptors (Lipinski definition) is 6. The maximum Gasteiger partial charge on any atom is 0.309 e. The zero-order valence-electron chi connectivity index (χ0n) is 31.6. The van der Waals surface area contributed by atoms with Crippen LogP contribution in [0.1, 0.15) is 133 Å². The molecule has 0 saturated heterocycles. The molecule has 5 fully saturated rings. The maximum atomic E-state index is 14.0. The molecule has 0 spiro atoms. The van der Waals surface area contributed by atoms with Gasteiger partial charge in [-0.2, -0.15) is 0 Å². The number of allylic oxidation sites excluding steroid dienone is 1. The van der Waals surface area contributed by atoms with E-state index in [4.69, 9.17) is 4.74 Å². The molecular weight excluding hydrogens is 616 g/mol. The molecule has 0 aromatic heterocycles. The number of aliphatic imine (C=N–C) groups is 1. The van der Waals surface area contributed by atoms with E-state index in [1.807, 2.05) is 12.2 Å². The summed E-state index contributed by atoms with van der Waals surface area (Å²) in [6, 6.07) is -0.425. The highest BCUT2D eigenvalue weighted by atomic mass is 16.5. The summed E-state index contributed by atoms with van der Waals surface area (Å²) >= 11 is 0. The molecule has 49 heavy (non-hydrogen) atoms. The summed E-state index contributed by atoms with van der Waals surface area (Å²) < 4.78 is 6.15. The number of dihydropyridines is 1. The number of fused-ring (bicyclic) bond motifs is 7. The molecule has 0 radical (unpaired) electrons. The predicted molar refractivity (Wildman–Crippen MR) is 190 cm³/mol. The first-order valence-corrected chi connectivity index (χ1v) is 19.2. The van der Waals surface area contributed by atoms with Gasteiger partial charge in [0.2, 0.25) is 5.91 Å². The van der Waals surface area contributed by atoms with Gasteiger partial charge in [-0.1, -0.05) is 54.5 Å². The van der Waals surface area contributed by atoms with Crippen molar-refractivity contribution in [1.82, 2.24) is 5.32 Å². The molecule has 8 heteroatoms. The Kier molecular flexibility index (Phi) is 8.91. The summed E-state index contributed by atoms with van der Waals surface area (Å²) in [6.45, 7) is 19.7. The lowest BCUT2D eigenvalue weighted by Crippen LogP contribution is -2.69. The normalized spacial score (nSPS) is 44.0. The van der Waals surface area contributed by atoms with Gasteiger partial charge >= 0.3 is 11.9 Å². The smallest absolute Gasteiger partial charge is 0.309 e. The van der Waals surface area contributed by atoms with Gasteiger partial charge in [-0.05, 0) is 124 Å². The molecule has 1 aliphatic heterocycles. The van der Waals surface area contributed by atoms with Crippen LogP contribution in [0.15, 0.2) is 17.1 Å². The molecule has 11 atom stereocenters. The number of esters is 1. The van der Waals surface area contributed by atoms with Gasteiger partial charge < -0.3 is 15.2 Å². The molecule has 6 unspecified atom stereocenters. The van der Waals surface area contributed by atoms with Crippen molar-refractivity contribution >= 4 is 29.8 Å². The molecule has 2 N–H and O–H groups in total. The van der Waals surface area contributed by atoms with Crippen molar-refractivity contribution < 1.29 is 29.0 Å². The van der Waals surface area contributed by atoms with Crippen molar-refractivity contribution in [2.75, 3.05) is 0 Å². The minimum atomic E-state index is -1.16. The Hall–Kier alpha value is -2.51. The summed E-state index contributed by atoms with van der Waals surface area (Å²) in [5.74, 6) is 0.382. The van der Waals surface area contributed by atoms with Gasteiger partial charge in [0, 0.05) is 24.0 Å². The van der Waals surface area contributed by atoms with Crippen LogP contribution in [0.2, 0.25) is 0 Å². The van der Waals surface area contributed by atoms with Crippen LogP contribution in [0.5, 0.6) is 0 Å². The SMILES string of the molecule is CC(C)C1C(=O)C[C@]2(NC(=O)C3CC=CC=N3)CC[C@]3(C)[C@H](CCC4C3(C)CCC3C(C)(C)[C@@H](OC(=O)CC(C)(C)C(=O)O)CC[C@@]34C)C12. The van der Waals surface area contributed by atoms with Crippen LogP contribution in [0, 0.1) is 62.6 Å². The van der Waals surface area contributed by atoms with Gasteiger partial charge in [-0.3, -0.25) is 24.2 Å². The number of nitrogens with zero attached hydrogens (tertiary/aromatic N) is 1. The highest BCUT2D eigenvalue weighted by Gasteiger charge is 2.72. The number of carbonyl (C=O) groups is 4. The van der Waals surface area contributed by atoms with Gasteiger partial charge in [0.15, 0.2) is 0 Å². The van der Waals surface area contributed by atoms with E-state index >= 15 is 0 Å². The second kappa shape index (κ2) is 12.0. The lowest BCUT2D eigenvalue weighted by Gasteiger charge is -2.73. The average Bonchev–Trinajstić information content (AvgIpc) is 3.30. The van der Waals surface area contributed by atoms with E-state index < -0.39 is 28.9 Å². The fourth-order valence-electron chi connectivity index (χ4n) is 13.3. The van der Waals surface area contributed by atoms with Crippen LogP contribution in [-0.2, 0) is 23.9 Å². The molecule has 0 aromatic rings. The van der Waals surface area contributed by atoms with E-state index in [-0.39, 0.29) is 57.8 Å². The summed E-state index contributed by atoms with van der Waals surface area (Å²) in [6.07, 6.45) is 14.2. The number of amides is 1. The highest BCUT2D eigenvalue weighted by Crippen LogP contribution is 2.76. The topological polar surface area (TPSA) is 122 Å². The predicted octanol–water partition coefficient (Wildman–Crippen LogP) is 7.58. The van der Waals surface area contributed by atoms with Crippen molar-refractivity contribution in [3.63, 3.8) is 0 Å². The van der Waals surface area contributed by atoms with Crippen molar-refractivity contribution in [3.8, 4) is 0 Å². The van der Waals surface area contributed by atoms with Crippen LogP contribution < -0.4 is 5.32 Å². The molecule has 5 aliphatic carbocycles. The molecule has 0 aromatic carbocycles. The number of rotatable bonds is 7. The van der Waals surface area contributed by atoms with E-state index in [0.717, 1.165) is 51.4 Å². The van der Waals surface area contributed by atoms with Crippen LogP contribution in [0.4, 0.5) is 0 Å². The molecule has 5 saturated carbocycles. The third kappa shape index (κ3) is 5.46. The van der Waals surface area contributed by atoms with E-state index in [1.165, 1.54) is 0 Å². The van der Waals surface area contributed by atoms with Crippen molar-refractivity contribution in [3.05, 3.63) is 12.2 Å². The highest BCUT2D eigenvalue weighted by molar-refractivity contribution is 5.90. The standard InChI is InChI=1S/C41H62N2O6/c1-24(2)32-27(44)22-41(43-34(46)26-12-10-11-21-42-26)20-19-39(8)25(33(32)41)13-14-29-38(7)17-16-30(49-31(45)23-36(3,4)35(47)48)37(5,6)28(38)15-18-40(29,39)9/h10-11,21,24-26,28-30,32-33H,12-20,22-23H2,1-9H3,(H,43,46)(H,47,48)/t25-,26?,28?,29?,30+,32?,33?,38+,39-,40?,41-/m1/s1. The monoisotopic (exact) mass is 678 g/mol. The van der Waals surface area contributed by atoms with Crippen LogP contribution in [-0.4, -0.2) is 52.6 Å². The van der Waals surface area contributed by atoms with Gasteiger partial charge in [-0.25, -0.2) is 0 Å². The molecule has 6 rings (SSSR count). The zero-order valence-corrected chi connectivity index (χ0v) is 31.6. The molecule has 6 aliphatic rings. The summed E-state index contributed by atoms with van der Waals surface area (Å²) in [7, 11) is 0. The fraction of sp³-hybridized carbons (Fsp3) is 0.829. The Morgan fingerprint density at radius 2 is 1.69 bits per heavy atom. The van der Waals surface area contributed by atoms with Crippen LogP contribution in [0.3, 0.4) is 0 Å². The first-order chi connectivity index (χ1) is 22.7. The second-order valence-electron chi connectivity index (χ2n) is 19.4. The largest absolute Gasteiger partial charge is 0.481 e. The van der Waals surface area contributed by atoms with Gasteiger partial charge in [0.25, 0.3) is 0 Å². The number of ketones is 1. The number of carbonyl (C=O) groups excluding carboxylic acids is 3. The number of hydrogen-bond donors (Lipinski definition) is 2. The molecule has 1 amide bonds. The van der Waals surface area contributed by atoms with Crippen molar-refractivity contribution in [2.45, 2.75) is 151 Å². The molecule has 1 heterocycles. The fourth-order valence-corrected chi connectivity index (χ4v) is 13.3.